The first-order valence-electron chi connectivity index (χ1n) is 9.72. The number of carbonyl (C=O) groups excluding carboxylic acids is 1. The van der Waals surface area contributed by atoms with Gasteiger partial charge in [0, 0.05) is 52.6 Å². The van der Waals surface area contributed by atoms with Crippen molar-refractivity contribution in [2.45, 2.75) is 33.1 Å². The topological polar surface area (TPSA) is 102 Å². The first kappa shape index (κ1) is 20.5. The second-order valence-electron chi connectivity index (χ2n) is 7.18. The highest BCUT2D eigenvalue weighted by Gasteiger charge is 2.18. The molecule has 29 heavy (non-hydrogen) atoms. The van der Waals surface area contributed by atoms with Crippen LogP contribution in [0, 0.1) is 18.3 Å². The Kier molecular flexibility index (Phi) is 6.57. The molecule has 0 aliphatic heterocycles. The zero-order chi connectivity index (χ0) is 20.8. The number of hydroxylamine groups is 1. The molecule has 4 N–H and O–H groups in total. The van der Waals surface area contributed by atoms with Gasteiger partial charge in [-0.2, -0.15) is 0 Å². The number of aryl methyl sites for hydroxylation is 1. The highest BCUT2D eigenvalue weighted by Crippen LogP contribution is 2.26. The minimum Gasteiger partial charge on any atom is -0.358 e. The first-order chi connectivity index (χ1) is 14.0. The summed E-state index contributed by atoms with van der Waals surface area (Å²) in [5.74, 6) is -0.434. The van der Waals surface area contributed by atoms with Gasteiger partial charge < -0.3 is 10.4 Å². The quantitative estimate of drug-likeness (QED) is 0.200. The van der Waals surface area contributed by atoms with Gasteiger partial charge in [0.25, 0.3) is 5.91 Å². The lowest BCUT2D eigenvalue weighted by Gasteiger charge is -2.17. The van der Waals surface area contributed by atoms with E-state index in [9.17, 15) is 4.79 Å². The number of rotatable bonds is 8. The fourth-order valence-electron chi connectivity index (χ4n) is 3.55. The summed E-state index contributed by atoms with van der Waals surface area (Å²) in [5, 5.41) is 18.4. The number of nitrogens with zero attached hydrogens (tertiary/aromatic N) is 1. The number of hydrogen-bond acceptors (Lipinski definition) is 4. The number of aromatic amines is 1. The third-order valence-electron chi connectivity index (χ3n) is 5.22. The lowest BCUT2D eigenvalue weighted by molar-refractivity contribution is -0.124. The van der Waals surface area contributed by atoms with Gasteiger partial charge in [-0.15, -0.1) is 0 Å². The smallest absolute Gasteiger partial charge is 0.267 e. The van der Waals surface area contributed by atoms with Crippen LogP contribution in [-0.4, -0.2) is 26.8 Å². The Balaban J connectivity index is 1.69. The van der Waals surface area contributed by atoms with E-state index in [1.165, 1.54) is 22.7 Å². The van der Waals surface area contributed by atoms with Crippen LogP contribution in [0.5, 0.6) is 0 Å². The van der Waals surface area contributed by atoms with E-state index in [1.54, 1.807) is 17.8 Å². The molecule has 0 unspecified atom stereocenters. The van der Waals surface area contributed by atoms with Crippen LogP contribution < -0.4 is 5.48 Å². The van der Waals surface area contributed by atoms with Crippen molar-refractivity contribution in [1.82, 2.24) is 15.4 Å². The number of aromatic nitrogens is 2. The van der Waals surface area contributed by atoms with Crippen molar-refractivity contribution in [2.24, 2.45) is 5.92 Å². The van der Waals surface area contributed by atoms with E-state index in [0.29, 0.717) is 12.1 Å². The number of hydrogen-bond donors (Lipinski definition) is 4. The summed E-state index contributed by atoms with van der Waals surface area (Å²) in [6.07, 6.45) is 6.70. The molecule has 0 saturated carbocycles. The summed E-state index contributed by atoms with van der Waals surface area (Å²) in [6.45, 7) is 4.22. The van der Waals surface area contributed by atoms with E-state index in [2.05, 4.69) is 42.0 Å². The summed E-state index contributed by atoms with van der Waals surface area (Å²) >= 11 is 0. The maximum Gasteiger partial charge on any atom is 0.267 e. The van der Waals surface area contributed by atoms with Crippen molar-refractivity contribution in [3.63, 3.8) is 0 Å². The van der Waals surface area contributed by atoms with Gasteiger partial charge in [-0.05, 0) is 49.1 Å². The Hall–Kier alpha value is -3.25. The molecule has 6 nitrogen and oxygen atoms in total. The second kappa shape index (κ2) is 9.30. The monoisotopic (exact) mass is 390 g/mol. The molecule has 1 aromatic carbocycles. The molecule has 2 aromatic heterocycles. The van der Waals surface area contributed by atoms with Gasteiger partial charge in [-0.1, -0.05) is 31.2 Å². The fourth-order valence-corrected chi connectivity index (χ4v) is 3.55. The van der Waals surface area contributed by atoms with Gasteiger partial charge in [-0.25, -0.2) is 5.48 Å². The van der Waals surface area contributed by atoms with E-state index in [1.807, 2.05) is 18.2 Å². The number of fused-ring (bicyclic) bond motifs is 1. The molecule has 1 atom stereocenters. The number of para-hydroxylation sites is 1. The Bertz CT molecular complexity index is 1030. The summed E-state index contributed by atoms with van der Waals surface area (Å²) in [7, 11) is 0. The SMILES string of the molecule is CC[C@H](Cc1c(C)[nH]c2ccccc12)C(=N)Cc1ccc(C=CC(=O)NO)cn1. The van der Waals surface area contributed by atoms with E-state index in [4.69, 9.17) is 10.6 Å². The molecule has 0 aliphatic rings. The number of H-pyrrole nitrogens is 1. The maximum absolute atomic E-state index is 11.0. The summed E-state index contributed by atoms with van der Waals surface area (Å²) in [5.41, 5.74) is 7.39. The number of pyridine rings is 1. The molecule has 0 aliphatic carbocycles. The summed E-state index contributed by atoms with van der Waals surface area (Å²) < 4.78 is 0. The Morgan fingerprint density at radius 1 is 1.31 bits per heavy atom. The highest BCUT2D eigenvalue weighted by molar-refractivity contribution is 5.91. The van der Waals surface area contributed by atoms with Gasteiger partial charge in [-0.3, -0.25) is 15.0 Å². The molecule has 0 bridgehead atoms. The van der Waals surface area contributed by atoms with Crippen molar-refractivity contribution in [2.75, 3.05) is 0 Å². The van der Waals surface area contributed by atoms with Gasteiger partial charge in [0.2, 0.25) is 0 Å². The normalized spacial score (nSPS) is 12.4. The molecule has 0 radical (unpaired) electrons. The molecule has 0 spiro atoms. The zero-order valence-corrected chi connectivity index (χ0v) is 16.7. The lowest BCUT2D eigenvalue weighted by atomic mass is 9.89. The van der Waals surface area contributed by atoms with Crippen molar-refractivity contribution >= 4 is 28.6 Å². The average Bonchev–Trinajstić information content (AvgIpc) is 3.05. The number of nitrogens with one attached hydrogen (secondary N) is 3. The fraction of sp³-hybridized carbons (Fsp3) is 0.261. The van der Waals surface area contributed by atoms with Crippen molar-refractivity contribution < 1.29 is 10.0 Å². The summed E-state index contributed by atoms with van der Waals surface area (Å²) in [4.78, 5) is 18.9. The predicted molar refractivity (Wildman–Crippen MR) is 115 cm³/mol. The average molecular weight is 390 g/mol. The lowest BCUT2D eigenvalue weighted by Crippen LogP contribution is -2.18. The van der Waals surface area contributed by atoms with Crippen LogP contribution in [0.15, 0.2) is 48.7 Å². The van der Waals surface area contributed by atoms with Crippen LogP contribution in [0.25, 0.3) is 17.0 Å². The van der Waals surface area contributed by atoms with Crippen LogP contribution in [0.1, 0.15) is 35.9 Å². The highest BCUT2D eigenvalue weighted by atomic mass is 16.5. The van der Waals surface area contributed by atoms with Gasteiger partial charge in [0.15, 0.2) is 0 Å². The molecule has 3 rings (SSSR count). The van der Waals surface area contributed by atoms with Crippen LogP contribution in [0.2, 0.25) is 0 Å². The number of carbonyl (C=O) groups is 1. The Morgan fingerprint density at radius 3 is 2.79 bits per heavy atom. The van der Waals surface area contributed by atoms with Gasteiger partial charge in [0.05, 0.1) is 0 Å². The van der Waals surface area contributed by atoms with E-state index in [0.717, 1.165) is 29.6 Å². The molecule has 150 valence electrons. The molecular formula is C23H26N4O2. The van der Waals surface area contributed by atoms with E-state index >= 15 is 0 Å². The van der Waals surface area contributed by atoms with E-state index < -0.39 is 5.91 Å². The second-order valence-corrected chi connectivity index (χ2v) is 7.18. The van der Waals surface area contributed by atoms with Crippen molar-refractivity contribution in [3.05, 3.63) is 71.2 Å². The third kappa shape index (κ3) is 4.97. The number of benzene rings is 1. The molecule has 0 saturated heterocycles. The van der Waals surface area contributed by atoms with Crippen LogP contribution >= 0.6 is 0 Å². The minimum absolute atomic E-state index is 0.155. The first-order valence-corrected chi connectivity index (χ1v) is 9.72. The number of amides is 1. The Morgan fingerprint density at radius 2 is 2.10 bits per heavy atom. The molecular weight excluding hydrogens is 364 g/mol. The van der Waals surface area contributed by atoms with Crippen LogP contribution in [0.3, 0.4) is 0 Å². The van der Waals surface area contributed by atoms with Gasteiger partial charge in [0.1, 0.15) is 0 Å². The van der Waals surface area contributed by atoms with Crippen LogP contribution in [-0.2, 0) is 17.6 Å². The standard InChI is InChI=1S/C23H26N4O2/c1-3-17(12-20-15(2)26-22-7-5-4-6-19(20)22)21(24)13-18-10-8-16(14-25-18)9-11-23(28)27-29/h4-11,14,17,24,26,29H,3,12-13H2,1-2H3,(H,27,28)/t17-/m1/s1. The zero-order valence-electron chi connectivity index (χ0n) is 16.7. The van der Waals surface area contributed by atoms with E-state index in [-0.39, 0.29) is 5.92 Å². The molecule has 3 aromatic rings. The molecule has 1 amide bonds. The van der Waals surface area contributed by atoms with Crippen molar-refractivity contribution in [3.8, 4) is 0 Å². The molecule has 0 fully saturated rings. The largest absolute Gasteiger partial charge is 0.358 e. The van der Waals surface area contributed by atoms with Gasteiger partial charge >= 0.3 is 0 Å². The van der Waals surface area contributed by atoms with Crippen LogP contribution in [0.4, 0.5) is 0 Å². The Labute approximate surface area is 170 Å². The summed E-state index contributed by atoms with van der Waals surface area (Å²) in [6, 6.07) is 12.0. The predicted octanol–water partition coefficient (Wildman–Crippen LogP) is 4.22. The third-order valence-corrected chi connectivity index (χ3v) is 5.22. The molecule has 6 heteroatoms. The maximum atomic E-state index is 11.0. The van der Waals surface area contributed by atoms with Crippen molar-refractivity contribution in [1.29, 1.82) is 5.41 Å². The minimum atomic E-state index is -0.589. The molecule has 2 heterocycles.